The van der Waals surface area contributed by atoms with Gasteiger partial charge in [0.25, 0.3) is 0 Å². The highest BCUT2D eigenvalue weighted by molar-refractivity contribution is 5.76. The van der Waals surface area contributed by atoms with Crippen LogP contribution in [0.4, 0.5) is 0 Å². The van der Waals surface area contributed by atoms with Crippen molar-refractivity contribution in [2.24, 2.45) is 0 Å². The molecule has 2 saturated heterocycles. The first-order valence-electron chi connectivity index (χ1n) is 7.46. The number of amides is 1. The Morgan fingerprint density at radius 3 is 2.83 bits per heavy atom. The van der Waals surface area contributed by atoms with Crippen molar-refractivity contribution in [2.45, 2.75) is 63.5 Å². The van der Waals surface area contributed by atoms with Crippen molar-refractivity contribution in [3.63, 3.8) is 0 Å². The van der Waals surface area contributed by atoms with Crippen molar-refractivity contribution in [3.8, 4) is 0 Å². The zero-order chi connectivity index (χ0) is 12.6. The summed E-state index contributed by atoms with van der Waals surface area (Å²) in [6, 6.07) is 0.602. The predicted octanol–water partition coefficient (Wildman–Crippen LogP) is 1.59. The summed E-state index contributed by atoms with van der Waals surface area (Å²) in [5.74, 6) is 0.151. The molecule has 0 spiro atoms. The third-order valence-corrected chi connectivity index (χ3v) is 3.91. The van der Waals surface area contributed by atoms with Gasteiger partial charge in [-0.05, 0) is 45.1 Å². The Balaban J connectivity index is 1.53. The van der Waals surface area contributed by atoms with Crippen molar-refractivity contribution in [2.75, 3.05) is 19.7 Å². The van der Waals surface area contributed by atoms with Gasteiger partial charge in [0.1, 0.15) is 0 Å². The maximum absolute atomic E-state index is 11.7. The molecule has 4 nitrogen and oxygen atoms in total. The Labute approximate surface area is 110 Å². The lowest BCUT2D eigenvalue weighted by molar-refractivity contribution is -0.124. The van der Waals surface area contributed by atoms with Gasteiger partial charge < -0.3 is 15.4 Å². The van der Waals surface area contributed by atoms with Crippen molar-refractivity contribution in [1.29, 1.82) is 0 Å². The lowest BCUT2D eigenvalue weighted by Crippen LogP contribution is -2.38. The number of piperidine rings is 1. The second kappa shape index (κ2) is 7.74. The van der Waals surface area contributed by atoms with Gasteiger partial charge in [-0.2, -0.15) is 0 Å². The zero-order valence-corrected chi connectivity index (χ0v) is 11.2. The maximum Gasteiger partial charge on any atom is 0.222 e. The van der Waals surface area contributed by atoms with Crippen molar-refractivity contribution in [3.05, 3.63) is 0 Å². The number of rotatable bonds is 5. The summed E-state index contributed by atoms with van der Waals surface area (Å²) in [6.07, 6.45) is 9.00. The van der Waals surface area contributed by atoms with Crippen LogP contribution in [0.25, 0.3) is 0 Å². The second-order valence-electron chi connectivity index (χ2n) is 5.48. The third kappa shape index (κ3) is 4.94. The first kappa shape index (κ1) is 13.8. The number of hydrogen-bond donors (Lipinski definition) is 2. The van der Waals surface area contributed by atoms with E-state index in [4.69, 9.17) is 4.74 Å². The molecule has 2 unspecified atom stereocenters. The van der Waals surface area contributed by atoms with Crippen LogP contribution in [0.5, 0.6) is 0 Å². The quantitative estimate of drug-likeness (QED) is 0.783. The Morgan fingerprint density at radius 2 is 2.11 bits per heavy atom. The average Bonchev–Trinajstić information content (AvgIpc) is 2.41. The van der Waals surface area contributed by atoms with E-state index in [1.807, 2.05) is 0 Å². The SMILES string of the molecule is O=C(CC1CCCCO1)NCCC1CCCCN1. The summed E-state index contributed by atoms with van der Waals surface area (Å²) >= 11 is 0. The number of carbonyl (C=O) groups is 1. The third-order valence-electron chi connectivity index (χ3n) is 3.91. The molecule has 1 amide bonds. The average molecular weight is 254 g/mol. The lowest BCUT2D eigenvalue weighted by atomic mass is 10.0. The molecule has 2 fully saturated rings. The minimum absolute atomic E-state index is 0.151. The summed E-state index contributed by atoms with van der Waals surface area (Å²) in [7, 11) is 0. The molecule has 2 atom stereocenters. The van der Waals surface area contributed by atoms with Gasteiger partial charge in [0.05, 0.1) is 12.5 Å². The molecule has 0 aromatic heterocycles. The van der Waals surface area contributed by atoms with E-state index >= 15 is 0 Å². The summed E-state index contributed by atoms with van der Waals surface area (Å²) in [5.41, 5.74) is 0. The van der Waals surface area contributed by atoms with Gasteiger partial charge in [0.2, 0.25) is 5.91 Å². The maximum atomic E-state index is 11.7. The smallest absolute Gasteiger partial charge is 0.222 e. The molecule has 4 heteroatoms. The van der Waals surface area contributed by atoms with E-state index in [9.17, 15) is 4.79 Å². The Hall–Kier alpha value is -0.610. The Kier molecular flexibility index (Phi) is 5.94. The summed E-state index contributed by atoms with van der Waals surface area (Å²) < 4.78 is 5.57. The van der Waals surface area contributed by atoms with Crippen LogP contribution in [0.15, 0.2) is 0 Å². The minimum Gasteiger partial charge on any atom is -0.378 e. The molecular formula is C14H26N2O2. The molecule has 2 N–H and O–H groups in total. The van der Waals surface area contributed by atoms with Gasteiger partial charge in [-0.25, -0.2) is 0 Å². The van der Waals surface area contributed by atoms with Crippen LogP contribution < -0.4 is 10.6 Å². The van der Waals surface area contributed by atoms with Crippen molar-refractivity contribution in [1.82, 2.24) is 10.6 Å². The van der Waals surface area contributed by atoms with Crippen LogP contribution >= 0.6 is 0 Å². The van der Waals surface area contributed by atoms with E-state index in [1.54, 1.807) is 0 Å². The summed E-state index contributed by atoms with van der Waals surface area (Å²) in [4.78, 5) is 11.7. The summed E-state index contributed by atoms with van der Waals surface area (Å²) in [6.45, 7) is 2.75. The number of nitrogens with one attached hydrogen (secondary N) is 2. The van der Waals surface area contributed by atoms with Crippen LogP contribution in [-0.4, -0.2) is 37.7 Å². The fraction of sp³-hybridized carbons (Fsp3) is 0.929. The van der Waals surface area contributed by atoms with Gasteiger partial charge in [0.15, 0.2) is 0 Å². The predicted molar refractivity (Wildman–Crippen MR) is 71.5 cm³/mol. The highest BCUT2D eigenvalue weighted by Crippen LogP contribution is 2.15. The molecule has 0 bridgehead atoms. The number of ether oxygens (including phenoxy) is 1. The van der Waals surface area contributed by atoms with E-state index in [2.05, 4.69) is 10.6 Å². The minimum atomic E-state index is 0.151. The summed E-state index contributed by atoms with van der Waals surface area (Å²) in [5, 5.41) is 6.52. The van der Waals surface area contributed by atoms with Gasteiger partial charge in [0, 0.05) is 19.2 Å². The van der Waals surface area contributed by atoms with E-state index in [0.29, 0.717) is 12.5 Å². The molecule has 18 heavy (non-hydrogen) atoms. The van der Waals surface area contributed by atoms with Crippen LogP contribution in [0, 0.1) is 0 Å². The van der Waals surface area contributed by atoms with Crippen LogP contribution in [0.1, 0.15) is 51.4 Å². The zero-order valence-electron chi connectivity index (χ0n) is 11.2. The van der Waals surface area contributed by atoms with E-state index in [0.717, 1.165) is 39.0 Å². The largest absolute Gasteiger partial charge is 0.378 e. The molecular weight excluding hydrogens is 228 g/mol. The first-order valence-corrected chi connectivity index (χ1v) is 7.46. The van der Waals surface area contributed by atoms with E-state index in [-0.39, 0.29) is 12.0 Å². The van der Waals surface area contributed by atoms with Crippen LogP contribution in [0.2, 0.25) is 0 Å². The molecule has 0 aromatic carbocycles. The van der Waals surface area contributed by atoms with Gasteiger partial charge in [-0.15, -0.1) is 0 Å². The molecule has 0 radical (unpaired) electrons. The van der Waals surface area contributed by atoms with Gasteiger partial charge in [-0.1, -0.05) is 6.42 Å². The fourth-order valence-electron chi connectivity index (χ4n) is 2.80. The standard InChI is InChI=1S/C14H26N2O2/c17-14(11-13-6-2-4-10-18-13)16-9-7-12-5-1-3-8-15-12/h12-13,15H,1-11H2,(H,16,17). The highest BCUT2D eigenvalue weighted by Gasteiger charge is 2.18. The fourth-order valence-corrected chi connectivity index (χ4v) is 2.80. The molecule has 2 aliphatic rings. The molecule has 2 heterocycles. The second-order valence-corrected chi connectivity index (χ2v) is 5.48. The number of hydrogen-bond acceptors (Lipinski definition) is 3. The van der Waals surface area contributed by atoms with Gasteiger partial charge >= 0.3 is 0 Å². The van der Waals surface area contributed by atoms with Crippen LogP contribution in [-0.2, 0) is 9.53 Å². The Morgan fingerprint density at radius 1 is 1.22 bits per heavy atom. The molecule has 0 saturated carbocycles. The van der Waals surface area contributed by atoms with E-state index < -0.39 is 0 Å². The molecule has 0 aliphatic carbocycles. The van der Waals surface area contributed by atoms with Crippen molar-refractivity contribution >= 4 is 5.91 Å². The Bertz CT molecular complexity index is 246. The topological polar surface area (TPSA) is 50.4 Å². The first-order chi connectivity index (χ1) is 8.84. The van der Waals surface area contributed by atoms with E-state index in [1.165, 1.54) is 25.7 Å². The van der Waals surface area contributed by atoms with Crippen LogP contribution in [0.3, 0.4) is 0 Å². The highest BCUT2D eigenvalue weighted by atomic mass is 16.5. The number of carbonyl (C=O) groups excluding carboxylic acids is 1. The van der Waals surface area contributed by atoms with Crippen molar-refractivity contribution < 1.29 is 9.53 Å². The molecule has 2 rings (SSSR count). The normalized spacial score (nSPS) is 28.9. The molecule has 2 aliphatic heterocycles. The molecule has 0 aromatic rings. The monoisotopic (exact) mass is 254 g/mol. The van der Waals surface area contributed by atoms with Gasteiger partial charge in [-0.3, -0.25) is 4.79 Å². The lowest BCUT2D eigenvalue weighted by Gasteiger charge is -2.24. The molecule has 104 valence electrons.